The van der Waals surface area contributed by atoms with Crippen molar-refractivity contribution in [1.82, 2.24) is 0 Å². The van der Waals surface area contributed by atoms with Crippen LogP contribution in [0.3, 0.4) is 0 Å². The first-order chi connectivity index (χ1) is 13.0. The van der Waals surface area contributed by atoms with E-state index in [1.807, 2.05) is 0 Å². The molecule has 3 aromatic rings. The summed E-state index contributed by atoms with van der Waals surface area (Å²) in [6.45, 7) is -0.108. The number of amides is 1. The monoisotopic (exact) mass is 366 g/mol. The maximum Gasteiger partial charge on any atom is 0.338 e. The summed E-state index contributed by atoms with van der Waals surface area (Å²) in [5.74, 6) is -0.911. The fraction of sp³-hybridized carbons (Fsp3) is 0.0526. The van der Waals surface area contributed by atoms with Gasteiger partial charge in [0.15, 0.2) is 5.76 Å². The van der Waals surface area contributed by atoms with Gasteiger partial charge in [0, 0.05) is 17.8 Å². The molecule has 8 nitrogen and oxygen atoms in total. The number of furan rings is 1. The van der Waals surface area contributed by atoms with E-state index in [0.717, 1.165) is 0 Å². The van der Waals surface area contributed by atoms with Crippen LogP contribution in [0.2, 0.25) is 0 Å². The van der Waals surface area contributed by atoms with Crippen molar-refractivity contribution >= 4 is 23.3 Å². The maximum absolute atomic E-state index is 12.2. The Labute approximate surface area is 153 Å². The fourth-order valence-corrected chi connectivity index (χ4v) is 2.32. The number of nitrogens with one attached hydrogen (secondary N) is 1. The highest BCUT2D eigenvalue weighted by Gasteiger charge is 2.13. The van der Waals surface area contributed by atoms with Crippen molar-refractivity contribution in [2.45, 2.75) is 6.61 Å². The number of hydrogen-bond donors (Lipinski definition) is 1. The van der Waals surface area contributed by atoms with Gasteiger partial charge in [-0.25, -0.2) is 4.79 Å². The van der Waals surface area contributed by atoms with Gasteiger partial charge in [-0.1, -0.05) is 18.2 Å². The smallest absolute Gasteiger partial charge is 0.338 e. The Hall–Kier alpha value is -3.94. The van der Waals surface area contributed by atoms with Gasteiger partial charge in [0.1, 0.15) is 6.61 Å². The molecular formula is C19H14N2O6. The molecule has 0 bridgehead atoms. The van der Waals surface area contributed by atoms with Crippen LogP contribution in [-0.2, 0) is 11.3 Å². The summed E-state index contributed by atoms with van der Waals surface area (Å²) in [6, 6.07) is 15.2. The number of nitro groups is 1. The molecule has 0 aliphatic rings. The molecule has 0 aliphatic heterocycles. The lowest BCUT2D eigenvalue weighted by molar-refractivity contribution is -0.384. The van der Waals surface area contributed by atoms with Crippen molar-refractivity contribution < 1.29 is 23.7 Å². The highest BCUT2D eigenvalue weighted by Crippen LogP contribution is 2.16. The number of hydrogen-bond acceptors (Lipinski definition) is 6. The van der Waals surface area contributed by atoms with Gasteiger partial charge in [-0.15, -0.1) is 0 Å². The fourth-order valence-electron chi connectivity index (χ4n) is 2.32. The number of non-ortho nitro benzene ring substituents is 1. The summed E-state index contributed by atoms with van der Waals surface area (Å²) in [4.78, 5) is 34.5. The highest BCUT2D eigenvalue weighted by atomic mass is 16.6. The van der Waals surface area contributed by atoms with E-state index < -0.39 is 16.8 Å². The Morgan fingerprint density at radius 2 is 1.89 bits per heavy atom. The quantitative estimate of drug-likeness (QED) is 0.403. The Bertz CT molecular complexity index is 981. The van der Waals surface area contributed by atoms with Crippen molar-refractivity contribution in [2.75, 3.05) is 5.32 Å². The van der Waals surface area contributed by atoms with E-state index in [9.17, 15) is 19.7 Å². The molecule has 1 aromatic heterocycles. The van der Waals surface area contributed by atoms with Gasteiger partial charge in [-0.3, -0.25) is 14.9 Å². The number of carbonyl (C=O) groups excluding carboxylic acids is 2. The number of nitro benzene ring substituents is 1. The zero-order valence-corrected chi connectivity index (χ0v) is 14.0. The van der Waals surface area contributed by atoms with Crippen LogP contribution in [0, 0.1) is 10.1 Å². The average molecular weight is 366 g/mol. The second kappa shape index (κ2) is 7.96. The predicted octanol–water partition coefficient (Wildman–Crippen LogP) is 3.80. The van der Waals surface area contributed by atoms with Gasteiger partial charge in [0.25, 0.3) is 11.6 Å². The Balaban J connectivity index is 1.64. The molecule has 0 radical (unpaired) electrons. The molecule has 3 rings (SSSR count). The molecular weight excluding hydrogens is 352 g/mol. The molecule has 2 aromatic carbocycles. The van der Waals surface area contributed by atoms with Crippen molar-refractivity contribution in [3.05, 3.63) is 93.9 Å². The SMILES string of the molecule is O=C(OCc1cccc([N+](=O)[O-])c1)c1cccc(NC(=O)c2ccco2)c1. The van der Waals surface area contributed by atoms with E-state index in [1.54, 1.807) is 30.3 Å². The van der Waals surface area contributed by atoms with Gasteiger partial charge < -0.3 is 14.5 Å². The first kappa shape index (κ1) is 17.9. The molecule has 136 valence electrons. The second-order valence-electron chi connectivity index (χ2n) is 5.52. The molecule has 27 heavy (non-hydrogen) atoms. The standard InChI is InChI=1S/C19H14N2O6/c22-18(17-8-3-9-26-17)20-15-6-2-5-14(11-15)19(23)27-12-13-4-1-7-16(10-13)21(24)25/h1-11H,12H2,(H,20,22). The summed E-state index contributed by atoms with van der Waals surface area (Å²) in [6.07, 6.45) is 1.39. The van der Waals surface area contributed by atoms with Crippen molar-refractivity contribution in [3.63, 3.8) is 0 Å². The van der Waals surface area contributed by atoms with Gasteiger partial charge in [-0.2, -0.15) is 0 Å². The van der Waals surface area contributed by atoms with E-state index in [-0.39, 0.29) is 23.6 Å². The second-order valence-corrected chi connectivity index (χ2v) is 5.52. The molecule has 0 saturated carbocycles. The van der Waals surface area contributed by atoms with Crippen molar-refractivity contribution in [1.29, 1.82) is 0 Å². The summed E-state index contributed by atoms with van der Waals surface area (Å²) in [5.41, 5.74) is 1.06. The molecule has 0 aliphatic carbocycles. The van der Waals surface area contributed by atoms with Gasteiger partial charge in [0.05, 0.1) is 16.7 Å². The number of rotatable bonds is 6. The Kier molecular flexibility index (Phi) is 5.27. The van der Waals surface area contributed by atoms with Crippen LogP contribution in [0.5, 0.6) is 0 Å². The number of ether oxygens (including phenoxy) is 1. The number of carbonyl (C=O) groups is 2. The largest absolute Gasteiger partial charge is 0.459 e. The van der Waals surface area contributed by atoms with Crippen LogP contribution >= 0.6 is 0 Å². The van der Waals surface area contributed by atoms with E-state index in [4.69, 9.17) is 9.15 Å². The zero-order chi connectivity index (χ0) is 19.2. The molecule has 0 saturated heterocycles. The van der Waals surface area contributed by atoms with Crippen LogP contribution in [0.1, 0.15) is 26.5 Å². The third-order valence-corrected chi connectivity index (χ3v) is 3.59. The molecule has 1 N–H and O–H groups in total. The molecule has 1 heterocycles. The molecule has 0 fully saturated rings. The molecule has 0 unspecified atom stereocenters. The molecule has 1 amide bonds. The van der Waals surface area contributed by atoms with Gasteiger partial charge >= 0.3 is 5.97 Å². The lowest BCUT2D eigenvalue weighted by Crippen LogP contribution is -2.12. The third kappa shape index (κ3) is 4.57. The van der Waals surface area contributed by atoms with Crippen molar-refractivity contribution in [2.24, 2.45) is 0 Å². The van der Waals surface area contributed by atoms with Crippen LogP contribution in [-0.4, -0.2) is 16.8 Å². The summed E-state index contributed by atoms with van der Waals surface area (Å²) in [7, 11) is 0. The normalized spacial score (nSPS) is 10.2. The van der Waals surface area contributed by atoms with E-state index in [2.05, 4.69) is 5.32 Å². The first-order valence-electron chi connectivity index (χ1n) is 7.88. The van der Waals surface area contributed by atoms with Gasteiger partial charge in [-0.05, 0) is 35.9 Å². The summed E-state index contributed by atoms with van der Waals surface area (Å²) in [5, 5.41) is 13.4. The number of esters is 1. The highest BCUT2D eigenvalue weighted by molar-refractivity contribution is 6.03. The van der Waals surface area contributed by atoms with E-state index >= 15 is 0 Å². The maximum atomic E-state index is 12.2. The summed E-state index contributed by atoms with van der Waals surface area (Å²) < 4.78 is 10.2. The third-order valence-electron chi connectivity index (χ3n) is 3.59. The lowest BCUT2D eigenvalue weighted by Gasteiger charge is -2.07. The van der Waals surface area contributed by atoms with Crippen LogP contribution < -0.4 is 5.32 Å². The Morgan fingerprint density at radius 3 is 2.63 bits per heavy atom. The zero-order valence-electron chi connectivity index (χ0n) is 14.0. The first-order valence-corrected chi connectivity index (χ1v) is 7.88. The van der Waals surface area contributed by atoms with Crippen LogP contribution in [0.4, 0.5) is 11.4 Å². The minimum atomic E-state index is -0.615. The lowest BCUT2D eigenvalue weighted by atomic mass is 10.2. The molecule has 0 atom stereocenters. The van der Waals surface area contributed by atoms with Crippen molar-refractivity contribution in [3.8, 4) is 0 Å². The molecule has 0 spiro atoms. The number of anilines is 1. The van der Waals surface area contributed by atoms with Gasteiger partial charge in [0.2, 0.25) is 0 Å². The minimum absolute atomic E-state index is 0.0776. The van der Waals surface area contributed by atoms with Crippen LogP contribution in [0.25, 0.3) is 0 Å². The minimum Gasteiger partial charge on any atom is -0.459 e. The Morgan fingerprint density at radius 1 is 1.07 bits per heavy atom. The predicted molar refractivity (Wildman–Crippen MR) is 95.3 cm³/mol. The molecule has 8 heteroatoms. The number of benzene rings is 2. The van der Waals surface area contributed by atoms with E-state index in [0.29, 0.717) is 11.3 Å². The summed E-state index contributed by atoms with van der Waals surface area (Å²) >= 11 is 0. The van der Waals surface area contributed by atoms with Crippen LogP contribution in [0.15, 0.2) is 71.3 Å². The topological polar surface area (TPSA) is 112 Å². The number of nitrogens with zero attached hydrogens (tertiary/aromatic N) is 1. The van der Waals surface area contributed by atoms with E-state index in [1.165, 1.54) is 36.6 Å². The average Bonchev–Trinajstić information content (AvgIpc) is 3.21.